The molecule has 2 aliphatic rings. The average Bonchev–Trinajstić information content (AvgIpc) is 3.17. The summed E-state index contributed by atoms with van der Waals surface area (Å²) in [5.74, 6) is -1.30. The molecule has 2 saturated heterocycles. The normalized spacial score (nSPS) is 26.3. The Balaban J connectivity index is 1.66. The van der Waals surface area contributed by atoms with Gasteiger partial charge in [0.1, 0.15) is 6.54 Å². The number of imide groups is 1. The molecular formula is C24H27N3O5S. The second-order valence-electron chi connectivity index (χ2n) is 9.19. The molecule has 0 spiro atoms. The topological polar surface area (TPSA) is 113 Å². The van der Waals surface area contributed by atoms with Crippen LogP contribution >= 0.6 is 0 Å². The highest BCUT2D eigenvalue weighted by Gasteiger charge is 2.54. The Morgan fingerprint density at radius 1 is 1.06 bits per heavy atom. The summed E-state index contributed by atoms with van der Waals surface area (Å²) in [4.78, 5) is 40.4. The molecule has 2 unspecified atom stereocenters. The molecule has 0 bridgehead atoms. The average molecular weight is 470 g/mol. The van der Waals surface area contributed by atoms with E-state index in [0.717, 1.165) is 16.0 Å². The molecule has 0 aliphatic carbocycles. The monoisotopic (exact) mass is 469 g/mol. The van der Waals surface area contributed by atoms with Gasteiger partial charge >= 0.3 is 6.03 Å². The van der Waals surface area contributed by atoms with Gasteiger partial charge in [0.15, 0.2) is 15.4 Å². The Morgan fingerprint density at radius 2 is 1.76 bits per heavy atom. The van der Waals surface area contributed by atoms with Crippen molar-refractivity contribution in [2.45, 2.75) is 38.3 Å². The summed E-state index contributed by atoms with van der Waals surface area (Å²) >= 11 is 0. The second-order valence-corrected chi connectivity index (χ2v) is 11.4. The van der Waals surface area contributed by atoms with Gasteiger partial charge in [0, 0.05) is 0 Å². The summed E-state index contributed by atoms with van der Waals surface area (Å²) in [5.41, 5.74) is 0.832. The lowest BCUT2D eigenvalue weighted by molar-refractivity contribution is -0.134. The largest absolute Gasteiger partial charge is 0.348 e. The number of nitrogens with zero attached hydrogens (tertiary/aromatic N) is 1. The van der Waals surface area contributed by atoms with Crippen LogP contribution in [0.15, 0.2) is 48.5 Å². The Labute approximate surface area is 193 Å². The van der Waals surface area contributed by atoms with Crippen LogP contribution in [0, 0.1) is 13.8 Å². The lowest BCUT2D eigenvalue weighted by atomic mass is 9.81. The van der Waals surface area contributed by atoms with Crippen LogP contribution in [0.5, 0.6) is 0 Å². The first-order chi connectivity index (χ1) is 15.5. The van der Waals surface area contributed by atoms with Crippen molar-refractivity contribution in [3.05, 3.63) is 70.8 Å². The van der Waals surface area contributed by atoms with Crippen molar-refractivity contribution in [1.29, 1.82) is 0 Å². The van der Waals surface area contributed by atoms with Crippen molar-refractivity contribution in [2.24, 2.45) is 0 Å². The maximum Gasteiger partial charge on any atom is 0.326 e. The summed E-state index contributed by atoms with van der Waals surface area (Å²) in [6.45, 7) is 5.05. The minimum atomic E-state index is -3.22. The van der Waals surface area contributed by atoms with Gasteiger partial charge in [-0.05, 0) is 49.4 Å². The standard InChI is InChI=1S/C24H27N3O5S/c1-16-9-10-19(13-17(16)2)24(18-7-5-4-6-8-18)21(29)27(22(30)26-24)14-20(28)25-23(3)11-12-33(31,32)15-23/h4-10,13H,11-12,14-15H2,1-3H3,(H,25,28)(H,26,30). The fourth-order valence-electron chi connectivity index (χ4n) is 4.57. The molecule has 0 saturated carbocycles. The van der Waals surface area contributed by atoms with E-state index in [1.807, 2.05) is 38.1 Å². The van der Waals surface area contributed by atoms with E-state index in [-0.39, 0.29) is 17.9 Å². The summed E-state index contributed by atoms with van der Waals surface area (Å²) in [6, 6.07) is 13.8. The second kappa shape index (κ2) is 7.98. The van der Waals surface area contributed by atoms with Crippen molar-refractivity contribution < 1.29 is 22.8 Å². The van der Waals surface area contributed by atoms with Gasteiger partial charge in [-0.15, -0.1) is 0 Å². The van der Waals surface area contributed by atoms with Gasteiger partial charge in [0.25, 0.3) is 5.91 Å². The molecule has 2 heterocycles. The SMILES string of the molecule is Cc1ccc(C2(c3ccccc3)NC(=O)N(CC(=O)NC3(C)CCS(=O)(=O)C3)C2=O)cc1C. The minimum Gasteiger partial charge on any atom is -0.348 e. The molecule has 4 rings (SSSR count). The van der Waals surface area contributed by atoms with Crippen LogP contribution in [0.4, 0.5) is 4.79 Å². The molecule has 33 heavy (non-hydrogen) atoms. The molecule has 0 aromatic heterocycles. The molecule has 2 N–H and O–H groups in total. The van der Waals surface area contributed by atoms with Crippen LogP contribution < -0.4 is 10.6 Å². The fraction of sp³-hybridized carbons (Fsp3) is 0.375. The van der Waals surface area contributed by atoms with E-state index in [4.69, 9.17) is 0 Å². The summed E-state index contributed by atoms with van der Waals surface area (Å²) in [5, 5.41) is 5.54. The zero-order valence-electron chi connectivity index (χ0n) is 18.8. The zero-order valence-corrected chi connectivity index (χ0v) is 19.7. The van der Waals surface area contributed by atoms with E-state index >= 15 is 0 Å². The van der Waals surface area contributed by atoms with Crippen LogP contribution in [-0.2, 0) is 25.0 Å². The first-order valence-electron chi connectivity index (χ1n) is 10.7. The molecule has 2 aliphatic heterocycles. The number of hydrogen-bond acceptors (Lipinski definition) is 5. The lowest BCUT2D eigenvalue weighted by Gasteiger charge is -2.29. The predicted octanol–water partition coefficient (Wildman–Crippen LogP) is 1.79. The van der Waals surface area contributed by atoms with Crippen molar-refractivity contribution in [3.8, 4) is 0 Å². The number of aryl methyl sites for hydroxylation is 2. The van der Waals surface area contributed by atoms with Crippen molar-refractivity contribution in [1.82, 2.24) is 15.5 Å². The Kier molecular flexibility index (Phi) is 5.56. The number of hydrogen-bond donors (Lipinski definition) is 2. The number of amides is 4. The molecule has 0 radical (unpaired) electrons. The number of carbonyl (C=O) groups excluding carboxylic acids is 3. The van der Waals surface area contributed by atoms with Gasteiger partial charge < -0.3 is 10.6 Å². The van der Waals surface area contributed by atoms with Crippen LogP contribution in [0.25, 0.3) is 0 Å². The highest BCUT2D eigenvalue weighted by atomic mass is 32.2. The van der Waals surface area contributed by atoms with Gasteiger partial charge in [0.05, 0.1) is 17.0 Å². The Bertz CT molecular complexity index is 1240. The number of sulfone groups is 1. The van der Waals surface area contributed by atoms with Crippen molar-refractivity contribution in [3.63, 3.8) is 0 Å². The van der Waals surface area contributed by atoms with Gasteiger partial charge in [-0.25, -0.2) is 13.2 Å². The number of urea groups is 1. The van der Waals surface area contributed by atoms with Gasteiger partial charge in [-0.2, -0.15) is 0 Å². The quantitative estimate of drug-likeness (QED) is 0.649. The van der Waals surface area contributed by atoms with E-state index in [1.165, 1.54) is 0 Å². The molecular weight excluding hydrogens is 442 g/mol. The van der Waals surface area contributed by atoms with Gasteiger partial charge in [0.2, 0.25) is 5.91 Å². The predicted molar refractivity (Wildman–Crippen MR) is 123 cm³/mol. The van der Waals surface area contributed by atoms with Crippen LogP contribution in [-0.4, -0.2) is 54.8 Å². The summed E-state index contributed by atoms with van der Waals surface area (Å²) in [6.07, 6.45) is 0.289. The van der Waals surface area contributed by atoms with E-state index in [9.17, 15) is 22.8 Å². The first kappa shape index (κ1) is 23.0. The zero-order chi connectivity index (χ0) is 24.0. The molecule has 8 nitrogen and oxygen atoms in total. The van der Waals surface area contributed by atoms with Gasteiger partial charge in [-0.3, -0.25) is 14.5 Å². The molecule has 4 amide bonds. The third-order valence-corrected chi connectivity index (χ3v) is 8.40. The molecule has 2 aromatic carbocycles. The van der Waals surface area contributed by atoms with Gasteiger partial charge in [-0.1, -0.05) is 48.5 Å². The maximum absolute atomic E-state index is 13.8. The smallest absolute Gasteiger partial charge is 0.326 e. The third-order valence-electron chi connectivity index (χ3n) is 6.50. The molecule has 2 atom stereocenters. The highest BCUT2D eigenvalue weighted by Crippen LogP contribution is 2.37. The van der Waals surface area contributed by atoms with Crippen LogP contribution in [0.3, 0.4) is 0 Å². The van der Waals surface area contributed by atoms with E-state index in [1.54, 1.807) is 31.2 Å². The fourth-order valence-corrected chi connectivity index (χ4v) is 6.66. The molecule has 2 aromatic rings. The summed E-state index contributed by atoms with van der Waals surface area (Å²) < 4.78 is 23.7. The lowest BCUT2D eigenvalue weighted by Crippen LogP contribution is -2.51. The Morgan fingerprint density at radius 3 is 2.36 bits per heavy atom. The number of rotatable bonds is 5. The first-order valence-corrected chi connectivity index (χ1v) is 12.6. The van der Waals surface area contributed by atoms with E-state index in [2.05, 4.69) is 10.6 Å². The molecule has 174 valence electrons. The highest BCUT2D eigenvalue weighted by molar-refractivity contribution is 7.91. The van der Waals surface area contributed by atoms with Crippen LogP contribution in [0.1, 0.15) is 35.6 Å². The summed E-state index contributed by atoms with van der Waals surface area (Å²) in [7, 11) is -3.22. The van der Waals surface area contributed by atoms with Crippen molar-refractivity contribution >= 4 is 27.7 Å². The maximum atomic E-state index is 13.8. The number of benzene rings is 2. The molecule has 2 fully saturated rings. The van der Waals surface area contributed by atoms with Crippen molar-refractivity contribution in [2.75, 3.05) is 18.1 Å². The Hall–Kier alpha value is -3.20. The number of carbonyl (C=O) groups is 3. The van der Waals surface area contributed by atoms with Crippen LogP contribution in [0.2, 0.25) is 0 Å². The third kappa shape index (κ3) is 4.13. The van der Waals surface area contributed by atoms with E-state index in [0.29, 0.717) is 11.1 Å². The molecule has 9 heteroatoms. The minimum absolute atomic E-state index is 0.00317. The number of nitrogens with one attached hydrogen (secondary N) is 2. The van der Waals surface area contributed by atoms with E-state index < -0.39 is 45.3 Å².